The van der Waals surface area contributed by atoms with Gasteiger partial charge in [-0.2, -0.15) is 0 Å². The molecule has 1 aromatic heterocycles. The predicted molar refractivity (Wildman–Crippen MR) is 71.0 cm³/mol. The van der Waals surface area contributed by atoms with Gasteiger partial charge in [0.1, 0.15) is 11.4 Å². The number of hydrogen-bond donors (Lipinski definition) is 2. The van der Waals surface area contributed by atoms with E-state index in [-0.39, 0.29) is 6.10 Å². The summed E-state index contributed by atoms with van der Waals surface area (Å²) >= 11 is 0. The van der Waals surface area contributed by atoms with Gasteiger partial charge in [-0.15, -0.1) is 0 Å². The van der Waals surface area contributed by atoms with Crippen molar-refractivity contribution in [1.82, 2.24) is 9.97 Å². The van der Waals surface area contributed by atoms with Crippen molar-refractivity contribution in [3.05, 3.63) is 36.7 Å². The molecule has 0 atom stereocenters. The van der Waals surface area contributed by atoms with Crippen molar-refractivity contribution >= 4 is 5.82 Å². The number of aromatic nitrogens is 2. The number of nitrogens with two attached hydrogens (primary N) is 1. The Hall–Kier alpha value is -2.14. The highest BCUT2D eigenvalue weighted by molar-refractivity contribution is 5.71. The van der Waals surface area contributed by atoms with Gasteiger partial charge in [0.2, 0.25) is 0 Å². The first kappa shape index (κ1) is 12.3. The Morgan fingerprint density at radius 3 is 2.39 bits per heavy atom. The van der Waals surface area contributed by atoms with Gasteiger partial charge in [0.15, 0.2) is 5.82 Å². The maximum Gasteiger partial charge on any atom is 0.166 e. The highest BCUT2D eigenvalue weighted by Crippen LogP contribution is 2.25. The first-order valence-electron chi connectivity index (χ1n) is 5.75. The lowest BCUT2D eigenvalue weighted by Crippen LogP contribution is -2.10. The van der Waals surface area contributed by atoms with Crippen molar-refractivity contribution in [1.29, 1.82) is 0 Å². The van der Waals surface area contributed by atoms with Gasteiger partial charge in [-0.25, -0.2) is 10.8 Å². The maximum absolute atomic E-state index is 5.59. The number of ether oxygens (including phenoxy) is 1. The van der Waals surface area contributed by atoms with Crippen molar-refractivity contribution in [3.63, 3.8) is 0 Å². The number of hydrogen-bond acceptors (Lipinski definition) is 5. The van der Waals surface area contributed by atoms with E-state index in [9.17, 15) is 0 Å². The number of hydrazine groups is 1. The molecular weight excluding hydrogens is 228 g/mol. The van der Waals surface area contributed by atoms with Crippen molar-refractivity contribution in [3.8, 4) is 17.0 Å². The number of nitrogens with one attached hydrogen (secondary N) is 1. The molecule has 5 nitrogen and oxygen atoms in total. The third-order valence-electron chi connectivity index (χ3n) is 2.33. The minimum Gasteiger partial charge on any atom is -0.491 e. The molecule has 0 saturated carbocycles. The van der Waals surface area contributed by atoms with Gasteiger partial charge in [0, 0.05) is 18.0 Å². The molecule has 0 bridgehead atoms. The van der Waals surface area contributed by atoms with Crippen LogP contribution in [0.4, 0.5) is 5.82 Å². The van der Waals surface area contributed by atoms with Crippen LogP contribution in [0.15, 0.2) is 36.7 Å². The molecule has 0 fully saturated rings. The second-order valence-corrected chi connectivity index (χ2v) is 4.09. The van der Waals surface area contributed by atoms with Crippen LogP contribution in [0.3, 0.4) is 0 Å². The molecule has 0 spiro atoms. The van der Waals surface area contributed by atoms with E-state index in [1.54, 1.807) is 12.4 Å². The molecule has 3 N–H and O–H groups in total. The average molecular weight is 244 g/mol. The van der Waals surface area contributed by atoms with E-state index >= 15 is 0 Å². The lowest BCUT2D eigenvalue weighted by atomic mass is 10.1. The van der Waals surface area contributed by atoms with Crippen LogP contribution in [0.5, 0.6) is 5.75 Å². The van der Waals surface area contributed by atoms with Gasteiger partial charge in [0.05, 0.1) is 6.10 Å². The zero-order chi connectivity index (χ0) is 13.0. The Labute approximate surface area is 106 Å². The number of benzene rings is 1. The summed E-state index contributed by atoms with van der Waals surface area (Å²) < 4.78 is 5.59. The van der Waals surface area contributed by atoms with E-state index in [2.05, 4.69) is 15.4 Å². The molecule has 5 heteroatoms. The van der Waals surface area contributed by atoms with E-state index in [1.165, 1.54) is 0 Å². The minimum atomic E-state index is 0.161. The van der Waals surface area contributed by atoms with Crippen LogP contribution in [-0.2, 0) is 0 Å². The van der Waals surface area contributed by atoms with Crippen LogP contribution < -0.4 is 16.0 Å². The summed E-state index contributed by atoms with van der Waals surface area (Å²) in [4.78, 5) is 8.38. The number of rotatable bonds is 4. The van der Waals surface area contributed by atoms with Gasteiger partial charge in [-0.05, 0) is 38.1 Å². The molecule has 0 unspecified atom stereocenters. The zero-order valence-electron chi connectivity index (χ0n) is 10.4. The summed E-state index contributed by atoms with van der Waals surface area (Å²) in [5.41, 5.74) is 4.19. The Bertz CT molecular complexity index is 511. The Kier molecular flexibility index (Phi) is 3.74. The largest absolute Gasteiger partial charge is 0.491 e. The van der Waals surface area contributed by atoms with Gasteiger partial charge in [-0.1, -0.05) is 0 Å². The molecule has 0 aliphatic heterocycles. The Morgan fingerprint density at radius 2 is 1.78 bits per heavy atom. The molecule has 0 amide bonds. The van der Waals surface area contributed by atoms with Crippen LogP contribution in [0, 0.1) is 0 Å². The van der Waals surface area contributed by atoms with Gasteiger partial charge in [0.25, 0.3) is 0 Å². The molecule has 0 aliphatic rings. The third-order valence-corrected chi connectivity index (χ3v) is 2.33. The van der Waals surface area contributed by atoms with E-state index < -0.39 is 0 Å². The number of nitrogen functional groups attached to an aromatic ring is 1. The molecule has 0 saturated heterocycles. The fourth-order valence-corrected chi connectivity index (χ4v) is 1.62. The maximum atomic E-state index is 5.59. The second-order valence-electron chi connectivity index (χ2n) is 4.09. The average Bonchev–Trinajstić information content (AvgIpc) is 2.39. The van der Waals surface area contributed by atoms with E-state index in [0.29, 0.717) is 5.82 Å². The van der Waals surface area contributed by atoms with Gasteiger partial charge < -0.3 is 10.2 Å². The molecule has 1 heterocycles. The first-order valence-corrected chi connectivity index (χ1v) is 5.75. The lowest BCUT2D eigenvalue weighted by Gasteiger charge is -2.10. The quantitative estimate of drug-likeness (QED) is 0.637. The Morgan fingerprint density at radius 1 is 1.11 bits per heavy atom. The van der Waals surface area contributed by atoms with Crippen LogP contribution in [0.1, 0.15) is 13.8 Å². The normalized spacial score (nSPS) is 10.4. The van der Waals surface area contributed by atoms with Crippen LogP contribution in [0.2, 0.25) is 0 Å². The molecule has 94 valence electrons. The fraction of sp³-hybridized carbons (Fsp3) is 0.231. The Balaban J connectivity index is 2.28. The molecule has 1 aromatic carbocycles. The third kappa shape index (κ3) is 2.75. The van der Waals surface area contributed by atoms with E-state index in [1.807, 2.05) is 38.1 Å². The van der Waals surface area contributed by atoms with Crippen molar-refractivity contribution in [2.24, 2.45) is 5.84 Å². The molecule has 2 aromatic rings. The molecule has 18 heavy (non-hydrogen) atoms. The van der Waals surface area contributed by atoms with Crippen LogP contribution in [-0.4, -0.2) is 16.1 Å². The van der Waals surface area contributed by atoms with Gasteiger partial charge in [-0.3, -0.25) is 4.98 Å². The molecule has 2 rings (SSSR count). The topological polar surface area (TPSA) is 73.1 Å². The van der Waals surface area contributed by atoms with Gasteiger partial charge >= 0.3 is 0 Å². The number of nitrogens with zero attached hydrogens (tertiary/aromatic N) is 2. The predicted octanol–water partition coefficient (Wildman–Crippen LogP) is 2.22. The fourth-order valence-electron chi connectivity index (χ4n) is 1.62. The summed E-state index contributed by atoms with van der Waals surface area (Å²) in [6, 6.07) is 7.68. The zero-order valence-corrected chi connectivity index (χ0v) is 10.4. The van der Waals surface area contributed by atoms with E-state index in [4.69, 9.17) is 10.6 Å². The second kappa shape index (κ2) is 5.46. The van der Waals surface area contributed by atoms with Crippen LogP contribution in [0.25, 0.3) is 11.3 Å². The summed E-state index contributed by atoms with van der Waals surface area (Å²) in [6.07, 6.45) is 3.39. The smallest absolute Gasteiger partial charge is 0.166 e. The molecular formula is C13H16N4O. The van der Waals surface area contributed by atoms with Crippen molar-refractivity contribution in [2.45, 2.75) is 20.0 Å². The monoisotopic (exact) mass is 244 g/mol. The highest BCUT2D eigenvalue weighted by Gasteiger charge is 2.06. The summed E-state index contributed by atoms with van der Waals surface area (Å²) in [6.45, 7) is 3.99. The number of anilines is 1. The lowest BCUT2D eigenvalue weighted by molar-refractivity contribution is 0.242. The summed E-state index contributed by atoms with van der Waals surface area (Å²) in [7, 11) is 0. The van der Waals surface area contributed by atoms with Crippen LogP contribution >= 0.6 is 0 Å². The minimum absolute atomic E-state index is 0.161. The standard InChI is InChI=1S/C13H16N4O/c1-9(2)18-11-5-3-10(4-6-11)12-13(17-14)16-8-7-15-12/h3-9H,14H2,1-2H3,(H,16,17). The molecule has 0 radical (unpaired) electrons. The van der Waals surface area contributed by atoms with Crippen molar-refractivity contribution in [2.75, 3.05) is 5.43 Å². The summed E-state index contributed by atoms with van der Waals surface area (Å²) in [5.74, 6) is 6.79. The van der Waals surface area contributed by atoms with Crippen molar-refractivity contribution < 1.29 is 4.74 Å². The highest BCUT2D eigenvalue weighted by atomic mass is 16.5. The molecule has 0 aliphatic carbocycles. The first-order chi connectivity index (χ1) is 8.70. The SMILES string of the molecule is CC(C)Oc1ccc(-c2nccnc2NN)cc1. The van der Waals surface area contributed by atoms with E-state index in [0.717, 1.165) is 17.0 Å². The summed E-state index contributed by atoms with van der Waals surface area (Å²) in [5, 5.41) is 0.